The van der Waals surface area contributed by atoms with Crippen LogP contribution in [0.5, 0.6) is 5.75 Å². The number of carboxylic acid groups (broad SMARTS) is 1. The van der Waals surface area contributed by atoms with Gasteiger partial charge in [-0.1, -0.05) is 60.7 Å². The molecule has 1 amide bonds. The second-order valence-electron chi connectivity index (χ2n) is 6.80. The summed E-state index contributed by atoms with van der Waals surface area (Å²) in [5, 5.41) is 11.8. The van der Waals surface area contributed by atoms with E-state index in [9.17, 15) is 23.1 Å². The van der Waals surface area contributed by atoms with Gasteiger partial charge in [-0.3, -0.25) is 0 Å². The number of aliphatic carboxylic acids is 1. The summed E-state index contributed by atoms with van der Waals surface area (Å²) in [5.41, 5.74) is 1.22. The second kappa shape index (κ2) is 10.5. The van der Waals surface area contributed by atoms with Crippen LogP contribution in [0, 0.1) is 0 Å². The topological polar surface area (TPSA) is 119 Å². The smallest absolute Gasteiger partial charge is 0.408 e. The summed E-state index contributed by atoms with van der Waals surface area (Å²) >= 11 is 0. The summed E-state index contributed by atoms with van der Waals surface area (Å²) in [5.74, 6) is -1.23. The van der Waals surface area contributed by atoms with Crippen LogP contribution in [-0.2, 0) is 32.7 Å². The first-order valence-electron chi connectivity index (χ1n) is 9.62. The van der Waals surface area contributed by atoms with Gasteiger partial charge in [0.1, 0.15) is 23.3 Å². The Kier molecular flexibility index (Phi) is 7.45. The van der Waals surface area contributed by atoms with E-state index in [2.05, 4.69) is 5.32 Å². The first kappa shape index (κ1) is 22.8. The number of benzene rings is 3. The largest absolute Gasteiger partial charge is 0.480 e. The van der Waals surface area contributed by atoms with Crippen LogP contribution in [-0.4, -0.2) is 31.6 Å². The van der Waals surface area contributed by atoms with Crippen molar-refractivity contribution in [1.82, 2.24) is 5.32 Å². The highest BCUT2D eigenvalue weighted by molar-refractivity contribution is 7.87. The maximum Gasteiger partial charge on any atom is 0.408 e. The highest BCUT2D eigenvalue weighted by Gasteiger charge is 2.22. The van der Waals surface area contributed by atoms with Gasteiger partial charge in [0.15, 0.2) is 0 Å². The molecule has 0 saturated heterocycles. The number of amides is 1. The van der Waals surface area contributed by atoms with Crippen LogP contribution in [0.15, 0.2) is 89.8 Å². The predicted molar refractivity (Wildman–Crippen MR) is 116 cm³/mol. The molecule has 1 atom stereocenters. The molecule has 0 heterocycles. The first-order chi connectivity index (χ1) is 15.3. The number of hydrogen-bond acceptors (Lipinski definition) is 6. The van der Waals surface area contributed by atoms with Gasteiger partial charge < -0.3 is 19.3 Å². The number of hydrogen-bond donors (Lipinski definition) is 2. The Balaban J connectivity index is 1.64. The zero-order valence-electron chi connectivity index (χ0n) is 16.9. The minimum atomic E-state index is -4.03. The quantitative estimate of drug-likeness (QED) is 0.475. The number of nitrogens with one attached hydrogen (secondary N) is 1. The highest BCUT2D eigenvalue weighted by atomic mass is 32.2. The number of alkyl carbamates (subject to hydrolysis) is 1. The molecule has 3 aromatic carbocycles. The zero-order valence-corrected chi connectivity index (χ0v) is 17.7. The zero-order chi connectivity index (χ0) is 23.0. The average Bonchev–Trinajstić information content (AvgIpc) is 2.78. The standard InChI is InChI=1S/C23H21NO7S/c25-22(26)21(24-23(27)30-16-17-8-3-1-4-9-17)15-18-10-7-11-19(14-18)31-32(28,29)20-12-5-2-6-13-20/h1-14,21H,15-16H2,(H,24,27)(H,25,26)/t21-/m0/s1. The van der Waals surface area contributed by atoms with E-state index in [1.807, 2.05) is 6.07 Å². The van der Waals surface area contributed by atoms with Crippen LogP contribution >= 0.6 is 0 Å². The molecule has 166 valence electrons. The minimum Gasteiger partial charge on any atom is -0.480 e. The van der Waals surface area contributed by atoms with Crippen LogP contribution in [0.2, 0.25) is 0 Å². The maximum atomic E-state index is 12.4. The maximum absolute atomic E-state index is 12.4. The molecule has 0 unspecified atom stereocenters. The van der Waals surface area contributed by atoms with Crippen molar-refractivity contribution in [2.24, 2.45) is 0 Å². The molecule has 0 radical (unpaired) electrons. The molecular formula is C23H21NO7S. The summed E-state index contributed by atoms with van der Waals surface area (Å²) in [4.78, 5) is 23.6. The summed E-state index contributed by atoms with van der Waals surface area (Å²) < 4.78 is 35.0. The number of rotatable bonds is 9. The fraction of sp³-hybridized carbons (Fsp3) is 0.130. The van der Waals surface area contributed by atoms with Crippen molar-refractivity contribution in [3.63, 3.8) is 0 Å². The Labute approximate surface area is 185 Å². The van der Waals surface area contributed by atoms with Gasteiger partial charge in [-0.05, 0) is 35.4 Å². The van der Waals surface area contributed by atoms with Gasteiger partial charge in [0.2, 0.25) is 0 Å². The fourth-order valence-electron chi connectivity index (χ4n) is 2.83. The van der Waals surface area contributed by atoms with Crippen molar-refractivity contribution >= 4 is 22.2 Å². The van der Waals surface area contributed by atoms with Gasteiger partial charge in [-0.15, -0.1) is 0 Å². The van der Waals surface area contributed by atoms with Crippen LogP contribution < -0.4 is 9.50 Å². The van der Waals surface area contributed by atoms with Crippen molar-refractivity contribution in [2.45, 2.75) is 24.0 Å². The fourth-order valence-corrected chi connectivity index (χ4v) is 3.77. The van der Waals surface area contributed by atoms with Crippen molar-refractivity contribution in [2.75, 3.05) is 0 Å². The first-order valence-corrected chi connectivity index (χ1v) is 11.0. The van der Waals surface area contributed by atoms with Crippen molar-refractivity contribution in [1.29, 1.82) is 0 Å². The second-order valence-corrected chi connectivity index (χ2v) is 8.35. The third-order valence-electron chi connectivity index (χ3n) is 4.38. The van der Waals surface area contributed by atoms with Gasteiger partial charge in [-0.2, -0.15) is 8.42 Å². The van der Waals surface area contributed by atoms with E-state index in [0.717, 1.165) is 5.56 Å². The predicted octanol–water partition coefficient (Wildman–Crippen LogP) is 3.38. The lowest BCUT2D eigenvalue weighted by atomic mass is 10.1. The molecule has 0 aliphatic heterocycles. The van der Waals surface area contributed by atoms with E-state index in [4.69, 9.17) is 8.92 Å². The molecular weight excluding hydrogens is 434 g/mol. The Hall–Kier alpha value is -3.85. The summed E-state index contributed by atoms with van der Waals surface area (Å²) in [7, 11) is -4.03. The van der Waals surface area contributed by atoms with Crippen LogP contribution in [0.25, 0.3) is 0 Å². The monoisotopic (exact) mass is 455 g/mol. The molecule has 0 aliphatic carbocycles. The third-order valence-corrected chi connectivity index (χ3v) is 5.64. The lowest BCUT2D eigenvalue weighted by Crippen LogP contribution is -2.42. The minimum absolute atomic E-state index is 0.000314. The van der Waals surface area contributed by atoms with Gasteiger partial charge in [0.25, 0.3) is 0 Å². The molecule has 0 saturated carbocycles. The normalized spacial score (nSPS) is 11.9. The van der Waals surface area contributed by atoms with Crippen LogP contribution in [0.1, 0.15) is 11.1 Å². The number of carboxylic acids is 1. The van der Waals surface area contributed by atoms with Gasteiger partial charge in [0.05, 0.1) is 0 Å². The molecule has 8 nitrogen and oxygen atoms in total. The average molecular weight is 455 g/mol. The van der Waals surface area contributed by atoms with Crippen LogP contribution in [0.4, 0.5) is 4.79 Å². The number of carbonyl (C=O) groups excluding carboxylic acids is 1. The molecule has 9 heteroatoms. The van der Waals surface area contributed by atoms with Gasteiger partial charge in [0, 0.05) is 6.42 Å². The summed E-state index contributed by atoms with van der Waals surface area (Å²) in [6.07, 6.45) is -0.974. The van der Waals surface area contributed by atoms with Crippen molar-refractivity contribution in [3.05, 3.63) is 96.1 Å². The molecule has 0 fully saturated rings. The van der Waals surface area contributed by atoms with Gasteiger partial charge in [-0.25, -0.2) is 9.59 Å². The summed E-state index contributed by atoms with van der Waals surface area (Å²) in [6, 6.07) is 21.3. The van der Waals surface area contributed by atoms with Crippen molar-refractivity contribution in [3.8, 4) is 5.75 Å². The molecule has 0 spiro atoms. The van der Waals surface area contributed by atoms with Gasteiger partial charge >= 0.3 is 22.2 Å². The summed E-state index contributed by atoms with van der Waals surface area (Å²) in [6.45, 7) is -0.000314. The molecule has 0 aromatic heterocycles. The van der Waals surface area contributed by atoms with E-state index < -0.39 is 28.2 Å². The van der Waals surface area contributed by atoms with E-state index in [-0.39, 0.29) is 23.7 Å². The molecule has 0 aliphatic rings. The molecule has 3 rings (SSSR count). The lowest BCUT2D eigenvalue weighted by molar-refractivity contribution is -0.139. The number of ether oxygens (including phenoxy) is 1. The van der Waals surface area contributed by atoms with E-state index in [0.29, 0.717) is 5.56 Å². The Morgan fingerprint density at radius 3 is 2.16 bits per heavy atom. The van der Waals surface area contributed by atoms with Crippen LogP contribution in [0.3, 0.4) is 0 Å². The van der Waals surface area contributed by atoms with E-state index in [1.54, 1.807) is 48.5 Å². The van der Waals surface area contributed by atoms with Crippen molar-refractivity contribution < 1.29 is 32.0 Å². The Morgan fingerprint density at radius 1 is 0.875 bits per heavy atom. The Morgan fingerprint density at radius 2 is 1.50 bits per heavy atom. The highest BCUT2D eigenvalue weighted by Crippen LogP contribution is 2.20. The van der Waals surface area contributed by atoms with E-state index >= 15 is 0 Å². The molecule has 2 N–H and O–H groups in total. The number of carbonyl (C=O) groups is 2. The molecule has 3 aromatic rings. The molecule has 0 bridgehead atoms. The van der Waals surface area contributed by atoms with E-state index in [1.165, 1.54) is 30.3 Å². The third kappa shape index (κ3) is 6.58. The molecule has 32 heavy (non-hydrogen) atoms. The lowest BCUT2D eigenvalue weighted by Gasteiger charge is -2.15. The SMILES string of the molecule is O=C(N[C@@H](Cc1cccc(OS(=O)(=O)c2ccccc2)c1)C(=O)O)OCc1ccccc1. The Bertz CT molecular complexity index is 1170.